The van der Waals surface area contributed by atoms with Crippen LogP contribution in [0.1, 0.15) is 15.9 Å². The van der Waals surface area contributed by atoms with Gasteiger partial charge in [-0.2, -0.15) is 13.2 Å². The summed E-state index contributed by atoms with van der Waals surface area (Å²) in [4.78, 5) is 33.8. The van der Waals surface area contributed by atoms with Gasteiger partial charge in [0.25, 0.3) is 11.6 Å². The van der Waals surface area contributed by atoms with Gasteiger partial charge in [-0.15, -0.1) is 0 Å². The summed E-state index contributed by atoms with van der Waals surface area (Å²) in [6, 6.07) is 7.46. The molecule has 1 N–H and O–H groups in total. The van der Waals surface area contributed by atoms with E-state index in [1.54, 1.807) is 6.08 Å². The number of hydrogen-bond donors (Lipinski definition) is 1. The molecule has 2 aromatic rings. The van der Waals surface area contributed by atoms with Crippen molar-refractivity contribution in [3.05, 3.63) is 76.4 Å². The second kappa shape index (κ2) is 9.54. The number of hydrogen-bond acceptors (Lipinski definition) is 6. The van der Waals surface area contributed by atoms with Gasteiger partial charge < -0.3 is 14.8 Å². The van der Waals surface area contributed by atoms with Crippen molar-refractivity contribution in [2.24, 2.45) is 0 Å². The zero-order valence-corrected chi connectivity index (χ0v) is 15.3. The van der Waals surface area contributed by atoms with Gasteiger partial charge in [0.05, 0.1) is 16.1 Å². The highest BCUT2D eigenvalue weighted by Gasteiger charge is 2.33. The van der Waals surface area contributed by atoms with E-state index in [9.17, 15) is 32.9 Å². The number of benzene rings is 2. The minimum Gasteiger partial charge on any atom is -0.490 e. The van der Waals surface area contributed by atoms with Crippen LogP contribution in [0.3, 0.4) is 0 Å². The first-order chi connectivity index (χ1) is 14.1. The second-order valence-corrected chi connectivity index (χ2v) is 5.74. The monoisotopic (exact) mass is 424 g/mol. The smallest absolute Gasteiger partial charge is 0.416 e. The fraction of sp³-hybridized carbons (Fsp3) is 0.158. The molecule has 0 saturated heterocycles. The topological polar surface area (TPSA) is 108 Å². The number of rotatable bonds is 8. The summed E-state index contributed by atoms with van der Waals surface area (Å²) in [7, 11) is 0. The number of carbonyl (C=O) groups excluding carboxylic acids is 2. The summed E-state index contributed by atoms with van der Waals surface area (Å²) in [5, 5.41) is 13.1. The number of amides is 1. The fourth-order valence-corrected chi connectivity index (χ4v) is 2.21. The van der Waals surface area contributed by atoms with Crippen LogP contribution in [0.5, 0.6) is 5.75 Å². The third-order valence-corrected chi connectivity index (χ3v) is 3.59. The van der Waals surface area contributed by atoms with Gasteiger partial charge in [0.1, 0.15) is 18.0 Å². The Morgan fingerprint density at radius 2 is 1.83 bits per heavy atom. The van der Waals surface area contributed by atoms with Crippen molar-refractivity contribution < 1.29 is 37.2 Å². The second-order valence-electron chi connectivity index (χ2n) is 5.74. The number of nitro groups is 1. The van der Waals surface area contributed by atoms with Gasteiger partial charge in [-0.3, -0.25) is 14.9 Å². The van der Waals surface area contributed by atoms with Crippen LogP contribution in [-0.2, 0) is 15.7 Å². The highest BCUT2D eigenvalue weighted by Crippen LogP contribution is 2.34. The van der Waals surface area contributed by atoms with Gasteiger partial charge in [-0.05, 0) is 36.4 Å². The molecule has 0 radical (unpaired) electrons. The Hall–Kier alpha value is -3.89. The summed E-state index contributed by atoms with van der Waals surface area (Å²) in [6.07, 6.45) is -3.24. The highest BCUT2D eigenvalue weighted by atomic mass is 19.4. The number of anilines is 1. The number of alkyl halides is 3. The molecule has 0 aliphatic rings. The quantitative estimate of drug-likeness (QED) is 0.297. The lowest BCUT2D eigenvalue weighted by Gasteiger charge is -2.10. The third kappa shape index (κ3) is 6.06. The molecule has 2 aromatic carbocycles. The Balaban J connectivity index is 1.99. The van der Waals surface area contributed by atoms with E-state index in [1.165, 1.54) is 24.3 Å². The van der Waals surface area contributed by atoms with Crippen molar-refractivity contribution in [1.29, 1.82) is 0 Å². The number of ether oxygens (including phenoxy) is 2. The van der Waals surface area contributed by atoms with E-state index >= 15 is 0 Å². The van der Waals surface area contributed by atoms with Crippen LogP contribution < -0.4 is 10.1 Å². The van der Waals surface area contributed by atoms with Crippen LogP contribution in [-0.4, -0.2) is 30.0 Å². The molecule has 0 aromatic heterocycles. The molecule has 11 heteroatoms. The highest BCUT2D eigenvalue weighted by molar-refractivity contribution is 5.96. The number of nitrogens with one attached hydrogen (secondary N) is 1. The molecule has 0 bridgehead atoms. The lowest BCUT2D eigenvalue weighted by Crippen LogP contribution is -2.21. The van der Waals surface area contributed by atoms with Crippen LogP contribution in [0.15, 0.2) is 55.1 Å². The van der Waals surface area contributed by atoms with Gasteiger partial charge in [0.15, 0.2) is 6.61 Å². The summed E-state index contributed by atoms with van der Waals surface area (Å²) in [5.74, 6) is -1.32. The molecule has 0 spiro atoms. The van der Waals surface area contributed by atoms with Crippen molar-refractivity contribution in [2.75, 3.05) is 18.5 Å². The Labute approximate surface area is 168 Å². The SMILES string of the molecule is C=CCOc1ccc(C(=O)OCC(=O)Nc2ccc(C(F)(F)F)cc2[N+](=O)[O-])cc1. The van der Waals surface area contributed by atoms with Crippen LogP contribution in [0.4, 0.5) is 24.5 Å². The molecule has 158 valence electrons. The molecule has 0 unspecified atom stereocenters. The number of esters is 1. The Bertz CT molecular complexity index is 958. The Morgan fingerprint density at radius 1 is 1.17 bits per heavy atom. The zero-order chi connectivity index (χ0) is 22.3. The first-order valence-electron chi connectivity index (χ1n) is 8.28. The molecule has 0 heterocycles. The van der Waals surface area contributed by atoms with Crippen LogP contribution >= 0.6 is 0 Å². The maximum absolute atomic E-state index is 12.7. The van der Waals surface area contributed by atoms with Crippen LogP contribution in [0.25, 0.3) is 0 Å². The summed E-state index contributed by atoms with van der Waals surface area (Å²) in [5.41, 5.74) is -2.52. The molecular weight excluding hydrogens is 409 g/mol. The molecule has 30 heavy (non-hydrogen) atoms. The van der Waals surface area contributed by atoms with Gasteiger partial charge in [-0.25, -0.2) is 4.79 Å². The van der Waals surface area contributed by atoms with Gasteiger partial charge >= 0.3 is 12.1 Å². The molecule has 1 amide bonds. The van der Waals surface area contributed by atoms with E-state index < -0.39 is 46.5 Å². The maximum atomic E-state index is 12.7. The standard InChI is InChI=1S/C19H15F3N2O6/c1-2-9-29-14-6-3-12(4-7-14)18(26)30-11-17(25)23-15-8-5-13(19(20,21)22)10-16(15)24(27)28/h2-8,10H,1,9,11H2,(H,23,25). The van der Waals surface area contributed by atoms with Gasteiger partial charge in [0.2, 0.25) is 0 Å². The molecular formula is C19H15F3N2O6. The molecule has 8 nitrogen and oxygen atoms in total. The van der Waals surface area contributed by atoms with E-state index in [-0.39, 0.29) is 12.2 Å². The van der Waals surface area contributed by atoms with Crippen molar-refractivity contribution in [3.8, 4) is 5.75 Å². The fourth-order valence-electron chi connectivity index (χ4n) is 2.21. The largest absolute Gasteiger partial charge is 0.490 e. The molecule has 0 fully saturated rings. The summed E-state index contributed by atoms with van der Waals surface area (Å²) >= 11 is 0. The van der Waals surface area contributed by atoms with Crippen molar-refractivity contribution in [1.82, 2.24) is 0 Å². The van der Waals surface area contributed by atoms with Gasteiger partial charge in [0, 0.05) is 6.07 Å². The number of nitrogens with zero attached hydrogens (tertiary/aromatic N) is 1. The normalized spacial score (nSPS) is 10.8. The Morgan fingerprint density at radius 3 is 2.40 bits per heavy atom. The number of nitro benzene ring substituents is 1. The predicted octanol–water partition coefficient (Wildman–Crippen LogP) is 3.97. The van der Waals surface area contributed by atoms with Crippen LogP contribution in [0, 0.1) is 10.1 Å². The lowest BCUT2D eigenvalue weighted by molar-refractivity contribution is -0.384. The van der Waals surface area contributed by atoms with E-state index in [0.717, 1.165) is 6.07 Å². The first-order valence-corrected chi connectivity index (χ1v) is 8.28. The molecule has 2 rings (SSSR count). The minimum absolute atomic E-state index is 0.120. The summed E-state index contributed by atoms with van der Waals surface area (Å²) < 4.78 is 48.2. The van der Waals surface area contributed by atoms with Crippen molar-refractivity contribution in [3.63, 3.8) is 0 Å². The molecule has 0 aliphatic carbocycles. The number of carbonyl (C=O) groups is 2. The van der Waals surface area contributed by atoms with Crippen molar-refractivity contribution >= 4 is 23.3 Å². The Kier molecular flexibility index (Phi) is 7.13. The molecule has 0 saturated carbocycles. The van der Waals surface area contributed by atoms with Crippen molar-refractivity contribution in [2.45, 2.75) is 6.18 Å². The first kappa shape index (κ1) is 22.4. The molecule has 0 atom stereocenters. The van der Waals surface area contributed by atoms with Crippen LogP contribution in [0.2, 0.25) is 0 Å². The van der Waals surface area contributed by atoms with E-state index in [4.69, 9.17) is 9.47 Å². The average Bonchev–Trinajstić information content (AvgIpc) is 2.70. The summed E-state index contributed by atoms with van der Waals surface area (Å²) in [6.45, 7) is 2.98. The third-order valence-electron chi connectivity index (χ3n) is 3.59. The number of halogens is 3. The predicted molar refractivity (Wildman–Crippen MR) is 99.1 cm³/mol. The molecule has 0 aliphatic heterocycles. The van der Waals surface area contributed by atoms with E-state index in [2.05, 4.69) is 11.9 Å². The van der Waals surface area contributed by atoms with E-state index in [0.29, 0.717) is 17.9 Å². The minimum atomic E-state index is -4.78. The maximum Gasteiger partial charge on any atom is 0.416 e. The van der Waals surface area contributed by atoms with E-state index in [1.807, 2.05) is 0 Å². The average molecular weight is 424 g/mol. The lowest BCUT2D eigenvalue weighted by atomic mass is 10.1. The van der Waals surface area contributed by atoms with Gasteiger partial charge in [-0.1, -0.05) is 12.7 Å². The zero-order valence-electron chi connectivity index (χ0n) is 15.3.